The Bertz CT molecular complexity index is 990. The van der Waals surface area contributed by atoms with Gasteiger partial charge in [0.15, 0.2) is 0 Å². The zero-order valence-corrected chi connectivity index (χ0v) is 16.5. The molecule has 0 amide bonds. The van der Waals surface area contributed by atoms with Gasteiger partial charge in [-0.25, -0.2) is 5.43 Å². The van der Waals surface area contributed by atoms with E-state index in [4.69, 9.17) is 14.5 Å². The number of hydrazone groups is 1. The molecule has 2 aliphatic heterocycles. The van der Waals surface area contributed by atoms with Crippen LogP contribution in [0.5, 0.6) is 0 Å². The summed E-state index contributed by atoms with van der Waals surface area (Å²) >= 11 is 0. The molecule has 2 aliphatic rings. The highest BCUT2D eigenvalue weighted by atomic mass is 16.5. The van der Waals surface area contributed by atoms with Crippen molar-refractivity contribution >= 4 is 35.0 Å². The third-order valence-electron chi connectivity index (χ3n) is 5.05. The molecule has 2 N–H and O–H groups in total. The topological polar surface area (TPSA) is 117 Å². The van der Waals surface area contributed by atoms with Crippen LogP contribution in [0, 0.1) is 0 Å². The van der Waals surface area contributed by atoms with Crippen LogP contribution < -0.4 is 15.2 Å². The lowest BCUT2D eigenvalue weighted by molar-refractivity contribution is 0.121. The molecule has 2 fully saturated rings. The van der Waals surface area contributed by atoms with E-state index in [0.717, 1.165) is 42.8 Å². The third kappa shape index (κ3) is 4.02. The van der Waals surface area contributed by atoms with E-state index in [1.807, 2.05) is 24.3 Å². The van der Waals surface area contributed by atoms with E-state index in [9.17, 15) is 0 Å². The van der Waals surface area contributed by atoms with Crippen molar-refractivity contribution in [3.63, 3.8) is 0 Å². The molecule has 0 spiro atoms. The molecule has 3 aromatic rings. The molecule has 30 heavy (non-hydrogen) atoms. The Morgan fingerprint density at radius 3 is 2.20 bits per heavy atom. The monoisotopic (exact) mass is 409 g/mol. The fraction of sp³-hybridized carbons (Fsp3) is 0.421. The minimum absolute atomic E-state index is 0.396. The van der Waals surface area contributed by atoms with Gasteiger partial charge in [0.2, 0.25) is 17.8 Å². The average Bonchev–Trinajstić information content (AvgIpc) is 3.23. The van der Waals surface area contributed by atoms with Crippen molar-refractivity contribution in [1.82, 2.24) is 25.1 Å². The van der Waals surface area contributed by atoms with Gasteiger partial charge in [0.1, 0.15) is 0 Å². The predicted molar refractivity (Wildman–Crippen MR) is 113 cm³/mol. The van der Waals surface area contributed by atoms with Crippen molar-refractivity contribution in [3.05, 3.63) is 30.0 Å². The van der Waals surface area contributed by atoms with Gasteiger partial charge >= 0.3 is 0 Å². The van der Waals surface area contributed by atoms with Crippen molar-refractivity contribution in [3.8, 4) is 0 Å². The Kier molecular flexibility index (Phi) is 5.36. The minimum Gasteiger partial charge on any atom is -0.378 e. The van der Waals surface area contributed by atoms with E-state index >= 15 is 0 Å². The van der Waals surface area contributed by atoms with Gasteiger partial charge in [-0.15, -0.1) is 0 Å². The van der Waals surface area contributed by atoms with Crippen molar-refractivity contribution in [2.75, 3.05) is 67.8 Å². The van der Waals surface area contributed by atoms with Gasteiger partial charge in [0, 0.05) is 31.6 Å². The highest BCUT2D eigenvalue weighted by Gasteiger charge is 2.20. The van der Waals surface area contributed by atoms with E-state index in [1.165, 1.54) is 0 Å². The van der Waals surface area contributed by atoms with E-state index in [1.54, 1.807) is 6.21 Å². The zero-order chi connectivity index (χ0) is 20.2. The summed E-state index contributed by atoms with van der Waals surface area (Å²) in [5, 5.41) is 12.6. The van der Waals surface area contributed by atoms with Crippen LogP contribution >= 0.6 is 0 Å². The summed E-state index contributed by atoms with van der Waals surface area (Å²) in [6, 6.07) is 7.87. The number of nitrogens with zero attached hydrogens (tertiary/aromatic N) is 7. The summed E-state index contributed by atoms with van der Waals surface area (Å²) in [5.74, 6) is 1.65. The summed E-state index contributed by atoms with van der Waals surface area (Å²) < 4.78 is 10.9. The number of H-pyrrole nitrogens is 1. The molecule has 5 rings (SSSR count). The van der Waals surface area contributed by atoms with Gasteiger partial charge in [0.05, 0.1) is 43.9 Å². The molecule has 0 atom stereocenters. The Labute approximate surface area is 173 Å². The molecular weight excluding hydrogens is 386 g/mol. The fourth-order valence-corrected chi connectivity index (χ4v) is 3.45. The average molecular weight is 409 g/mol. The molecule has 4 heterocycles. The van der Waals surface area contributed by atoms with Crippen molar-refractivity contribution in [2.24, 2.45) is 5.10 Å². The van der Waals surface area contributed by atoms with Gasteiger partial charge < -0.3 is 19.3 Å². The van der Waals surface area contributed by atoms with Crippen LogP contribution in [-0.4, -0.2) is 84.0 Å². The molecule has 0 saturated carbocycles. The first kappa shape index (κ1) is 18.7. The van der Waals surface area contributed by atoms with Gasteiger partial charge in [-0.2, -0.15) is 25.2 Å². The van der Waals surface area contributed by atoms with Gasteiger partial charge in [-0.3, -0.25) is 5.10 Å². The van der Waals surface area contributed by atoms with Crippen molar-refractivity contribution in [2.45, 2.75) is 0 Å². The first-order valence-corrected chi connectivity index (χ1v) is 10.0. The van der Waals surface area contributed by atoms with Gasteiger partial charge in [0.25, 0.3) is 0 Å². The second-order valence-electron chi connectivity index (χ2n) is 6.98. The van der Waals surface area contributed by atoms with E-state index < -0.39 is 0 Å². The lowest BCUT2D eigenvalue weighted by Gasteiger charge is -2.30. The number of aromatic amines is 1. The Balaban J connectivity index is 1.39. The first-order chi connectivity index (χ1) is 14.9. The fourth-order valence-electron chi connectivity index (χ4n) is 3.45. The second-order valence-corrected chi connectivity index (χ2v) is 6.98. The Hall–Kier alpha value is -3.31. The number of hydrogen-bond acceptors (Lipinski definition) is 10. The number of ether oxygens (including phenoxy) is 2. The standard InChI is InChI=1S/C19H23N9O2/c1-2-4-15-14(3-1)16(25-24-15)13-20-26-17-21-18(27-5-9-29-10-6-27)23-19(22-17)28-7-11-30-12-8-28/h1-4,13H,5-12H2,(H,24,25)(H,21,22,23,26)/b20-13+. The molecule has 11 heteroatoms. The number of fused-ring (bicyclic) bond motifs is 1. The van der Waals surface area contributed by atoms with E-state index in [0.29, 0.717) is 44.3 Å². The number of nitrogens with one attached hydrogen (secondary N) is 2. The molecule has 0 bridgehead atoms. The number of para-hydroxylation sites is 1. The van der Waals surface area contributed by atoms with Gasteiger partial charge in [-0.1, -0.05) is 18.2 Å². The van der Waals surface area contributed by atoms with Crippen LogP contribution in [-0.2, 0) is 9.47 Å². The summed E-state index contributed by atoms with van der Waals surface area (Å²) in [4.78, 5) is 18.0. The van der Waals surface area contributed by atoms with Crippen LogP contribution in [0.25, 0.3) is 10.9 Å². The second kappa shape index (κ2) is 8.59. The first-order valence-electron chi connectivity index (χ1n) is 10.0. The summed E-state index contributed by atoms with van der Waals surface area (Å²) in [7, 11) is 0. The number of hydrogen-bond donors (Lipinski definition) is 2. The Morgan fingerprint density at radius 2 is 1.53 bits per heavy atom. The third-order valence-corrected chi connectivity index (χ3v) is 5.05. The molecule has 2 saturated heterocycles. The highest BCUT2D eigenvalue weighted by molar-refractivity contribution is 5.96. The minimum atomic E-state index is 0.396. The number of rotatable bonds is 5. The zero-order valence-electron chi connectivity index (χ0n) is 16.5. The molecule has 11 nitrogen and oxygen atoms in total. The number of anilines is 3. The predicted octanol–water partition coefficient (Wildman–Crippen LogP) is 0.867. The molecular formula is C19H23N9O2. The largest absolute Gasteiger partial charge is 0.378 e. The van der Waals surface area contributed by atoms with Crippen LogP contribution in [0.1, 0.15) is 5.69 Å². The van der Waals surface area contributed by atoms with E-state index in [-0.39, 0.29) is 0 Å². The number of benzene rings is 1. The maximum atomic E-state index is 5.45. The number of morpholine rings is 2. The SMILES string of the molecule is C(=N\Nc1nc(N2CCOCC2)nc(N2CCOCC2)n1)/c1[nH]nc2ccccc12. The smallest absolute Gasteiger partial charge is 0.250 e. The quantitative estimate of drug-likeness (QED) is 0.467. The molecule has 0 aliphatic carbocycles. The van der Waals surface area contributed by atoms with Crippen LogP contribution in [0.2, 0.25) is 0 Å². The van der Waals surface area contributed by atoms with E-state index in [2.05, 4.69) is 40.5 Å². The summed E-state index contributed by atoms with van der Waals surface area (Å²) in [6.45, 7) is 5.62. The normalized spacial score (nSPS) is 17.7. The van der Waals surface area contributed by atoms with Crippen LogP contribution in [0.3, 0.4) is 0 Å². The Morgan fingerprint density at radius 1 is 0.900 bits per heavy atom. The molecule has 1 aromatic carbocycles. The maximum Gasteiger partial charge on any atom is 0.250 e. The van der Waals surface area contributed by atoms with Crippen molar-refractivity contribution < 1.29 is 9.47 Å². The molecule has 0 radical (unpaired) electrons. The van der Waals surface area contributed by atoms with Crippen molar-refractivity contribution in [1.29, 1.82) is 0 Å². The lowest BCUT2D eigenvalue weighted by atomic mass is 10.2. The lowest BCUT2D eigenvalue weighted by Crippen LogP contribution is -2.40. The maximum absolute atomic E-state index is 5.45. The van der Waals surface area contributed by atoms with Crippen LogP contribution in [0.4, 0.5) is 17.8 Å². The highest BCUT2D eigenvalue weighted by Crippen LogP contribution is 2.19. The van der Waals surface area contributed by atoms with Crippen LogP contribution in [0.15, 0.2) is 29.4 Å². The number of aromatic nitrogens is 5. The summed E-state index contributed by atoms with van der Waals surface area (Å²) in [5.41, 5.74) is 4.66. The molecule has 2 aromatic heterocycles. The molecule has 156 valence electrons. The summed E-state index contributed by atoms with van der Waals surface area (Å²) in [6.07, 6.45) is 1.68. The molecule has 0 unspecified atom stereocenters. The van der Waals surface area contributed by atoms with Gasteiger partial charge in [-0.05, 0) is 6.07 Å².